The summed E-state index contributed by atoms with van der Waals surface area (Å²) in [6.45, 7) is 4.95. The molecule has 1 fully saturated rings. The summed E-state index contributed by atoms with van der Waals surface area (Å²) >= 11 is 0. The number of halogens is 2. The molecule has 0 aliphatic carbocycles. The highest BCUT2D eigenvalue weighted by molar-refractivity contribution is 5.79. The Morgan fingerprint density at radius 1 is 1.47 bits per heavy atom. The molecule has 0 radical (unpaired) electrons. The summed E-state index contributed by atoms with van der Waals surface area (Å²) in [5, 5.41) is 2.37. The average molecular weight is 220 g/mol. The summed E-state index contributed by atoms with van der Waals surface area (Å²) in [6.07, 6.45) is -0.232. The lowest BCUT2D eigenvalue weighted by atomic mass is 10.0. The number of likely N-dealkylation sites (tertiary alicyclic amines) is 1. The van der Waals surface area contributed by atoms with Gasteiger partial charge in [0.15, 0.2) is 0 Å². The van der Waals surface area contributed by atoms with Crippen LogP contribution in [-0.4, -0.2) is 42.9 Å². The molecular formula is C10H18F2N2O. The number of alkyl halides is 2. The van der Waals surface area contributed by atoms with Gasteiger partial charge < -0.3 is 10.2 Å². The lowest BCUT2D eigenvalue weighted by Gasteiger charge is -2.31. The molecule has 0 bridgehead atoms. The highest BCUT2D eigenvalue weighted by Gasteiger charge is 2.23. The van der Waals surface area contributed by atoms with Gasteiger partial charge in [-0.15, -0.1) is 0 Å². The van der Waals surface area contributed by atoms with Crippen LogP contribution in [0.25, 0.3) is 0 Å². The van der Waals surface area contributed by atoms with Crippen LogP contribution < -0.4 is 5.32 Å². The number of hydrogen-bond donors (Lipinski definition) is 1. The zero-order valence-corrected chi connectivity index (χ0v) is 9.01. The first-order chi connectivity index (χ1) is 7.13. The number of amides is 1. The van der Waals surface area contributed by atoms with Crippen molar-refractivity contribution in [3.8, 4) is 0 Å². The molecule has 1 aliphatic heterocycles. The second kappa shape index (κ2) is 6.00. The third-order valence-electron chi connectivity index (χ3n) is 2.67. The molecule has 0 spiro atoms. The van der Waals surface area contributed by atoms with Crippen molar-refractivity contribution in [2.24, 2.45) is 0 Å². The molecule has 88 valence electrons. The number of piperidine rings is 1. The molecule has 0 atom stereocenters. The molecule has 3 nitrogen and oxygen atoms in total. The fourth-order valence-corrected chi connectivity index (χ4v) is 1.88. The van der Waals surface area contributed by atoms with Gasteiger partial charge in [-0.05, 0) is 25.8 Å². The van der Waals surface area contributed by atoms with E-state index in [0.717, 1.165) is 38.9 Å². The minimum Gasteiger partial charge on any atom is -0.348 e. The molecule has 5 heteroatoms. The van der Waals surface area contributed by atoms with Gasteiger partial charge in [0.2, 0.25) is 0 Å². The van der Waals surface area contributed by atoms with Gasteiger partial charge in [0, 0.05) is 19.1 Å². The summed E-state index contributed by atoms with van der Waals surface area (Å²) in [4.78, 5) is 13.0. The summed E-state index contributed by atoms with van der Waals surface area (Å²) in [7, 11) is 0. The van der Waals surface area contributed by atoms with E-state index < -0.39 is 12.3 Å². The SMILES string of the molecule is CCCN1CCC(NC(=O)C(F)F)CC1. The van der Waals surface area contributed by atoms with Gasteiger partial charge in [-0.2, -0.15) is 8.78 Å². The molecular weight excluding hydrogens is 202 g/mol. The lowest BCUT2D eigenvalue weighted by molar-refractivity contribution is -0.132. The monoisotopic (exact) mass is 220 g/mol. The van der Waals surface area contributed by atoms with Crippen molar-refractivity contribution in [1.29, 1.82) is 0 Å². The van der Waals surface area contributed by atoms with Crippen LogP contribution in [0.2, 0.25) is 0 Å². The Morgan fingerprint density at radius 3 is 2.53 bits per heavy atom. The van der Waals surface area contributed by atoms with Crippen LogP contribution in [0, 0.1) is 0 Å². The van der Waals surface area contributed by atoms with Crippen LogP contribution in [-0.2, 0) is 4.79 Å². The van der Waals surface area contributed by atoms with Crippen molar-refractivity contribution in [1.82, 2.24) is 10.2 Å². The molecule has 0 aromatic heterocycles. The first-order valence-electron chi connectivity index (χ1n) is 5.44. The van der Waals surface area contributed by atoms with E-state index in [1.165, 1.54) is 0 Å². The van der Waals surface area contributed by atoms with Gasteiger partial charge in [-0.25, -0.2) is 0 Å². The minimum absolute atomic E-state index is 0.0698. The maximum absolute atomic E-state index is 12.0. The predicted octanol–water partition coefficient (Wildman–Crippen LogP) is 1.24. The van der Waals surface area contributed by atoms with Crippen molar-refractivity contribution in [2.45, 2.75) is 38.7 Å². The topological polar surface area (TPSA) is 32.3 Å². The number of nitrogens with one attached hydrogen (secondary N) is 1. The van der Waals surface area contributed by atoms with Gasteiger partial charge in [-0.3, -0.25) is 4.79 Å². The number of carbonyl (C=O) groups is 1. The highest BCUT2D eigenvalue weighted by atomic mass is 19.3. The molecule has 1 amide bonds. The minimum atomic E-state index is -2.89. The van der Waals surface area contributed by atoms with Gasteiger partial charge in [0.1, 0.15) is 0 Å². The summed E-state index contributed by atoms with van der Waals surface area (Å²) in [6, 6.07) is -0.0698. The average Bonchev–Trinajstić information content (AvgIpc) is 2.21. The smallest absolute Gasteiger partial charge is 0.315 e. The Bertz CT molecular complexity index is 204. The normalized spacial score (nSPS) is 19.5. The van der Waals surface area contributed by atoms with Gasteiger partial charge >= 0.3 is 6.43 Å². The predicted molar refractivity (Wildman–Crippen MR) is 53.9 cm³/mol. The van der Waals surface area contributed by atoms with E-state index in [4.69, 9.17) is 0 Å². The fourth-order valence-electron chi connectivity index (χ4n) is 1.88. The van der Waals surface area contributed by atoms with Crippen LogP contribution in [0.3, 0.4) is 0 Å². The molecule has 1 aliphatic rings. The first kappa shape index (κ1) is 12.4. The van der Waals surface area contributed by atoms with Crippen LogP contribution in [0.15, 0.2) is 0 Å². The van der Waals surface area contributed by atoms with E-state index in [-0.39, 0.29) is 6.04 Å². The summed E-state index contributed by atoms with van der Waals surface area (Å²) in [5.41, 5.74) is 0. The Labute approximate surface area is 88.8 Å². The second-order valence-electron chi connectivity index (χ2n) is 3.93. The van der Waals surface area contributed by atoms with Crippen molar-refractivity contribution in [3.63, 3.8) is 0 Å². The molecule has 1 N–H and O–H groups in total. The molecule has 0 unspecified atom stereocenters. The Hall–Kier alpha value is -0.710. The molecule has 0 saturated carbocycles. The molecule has 15 heavy (non-hydrogen) atoms. The number of hydrogen-bond acceptors (Lipinski definition) is 2. The standard InChI is InChI=1S/C10H18F2N2O/c1-2-5-14-6-3-8(4-7-14)13-10(15)9(11)12/h8-9H,2-7H2,1H3,(H,13,15). The Kier molecular flexibility index (Phi) is 4.94. The van der Waals surface area contributed by atoms with Gasteiger partial charge in [0.05, 0.1) is 0 Å². The lowest BCUT2D eigenvalue weighted by Crippen LogP contribution is -2.46. The van der Waals surface area contributed by atoms with E-state index in [1.807, 2.05) is 0 Å². The van der Waals surface area contributed by atoms with Crippen molar-refractivity contribution >= 4 is 5.91 Å². The quantitative estimate of drug-likeness (QED) is 0.773. The van der Waals surface area contributed by atoms with E-state index >= 15 is 0 Å². The van der Waals surface area contributed by atoms with Crippen molar-refractivity contribution in [3.05, 3.63) is 0 Å². The zero-order chi connectivity index (χ0) is 11.3. The fraction of sp³-hybridized carbons (Fsp3) is 0.900. The molecule has 1 rings (SSSR count). The van der Waals surface area contributed by atoms with Crippen LogP contribution in [0.1, 0.15) is 26.2 Å². The third kappa shape index (κ3) is 4.11. The van der Waals surface area contributed by atoms with E-state index in [2.05, 4.69) is 17.1 Å². The zero-order valence-electron chi connectivity index (χ0n) is 9.01. The maximum Gasteiger partial charge on any atom is 0.315 e. The van der Waals surface area contributed by atoms with Crippen LogP contribution >= 0.6 is 0 Å². The molecule has 1 saturated heterocycles. The Balaban J connectivity index is 2.22. The Morgan fingerprint density at radius 2 is 2.07 bits per heavy atom. The maximum atomic E-state index is 12.0. The first-order valence-corrected chi connectivity index (χ1v) is 5.44. The van der Waals surface area contributed by atoms with Crippen molar-refractivity contribution in [2.75, 3.05) is 19.6 Å². The molecule has 0 aromatic carbocycles. The largest absolute Gasteiger partial charge is 0.348 e. The van der Waals surface area contributed by atoms with Crippen molar-refractivity contribution < 1.29 is 13.6 Å². The van der Waals surface area contributed by atoms with E-state index in [1.54, 1.807) is 0 Å². The van der Waals surface area contributed by atoms with E-state index in [9.17, 15) is 13.6 Å². The number of nitrogens with zero attached hydrogens (tertiary/aromatic N) is 1. The molecule has 0 aromatic rings. The summed E-state index contributed by atoms with van der Waals surface area (Å²) in [5.74, 6) is -1.14. The van der Waals surface area contributed by atoms with Gasteiger partial charge in [-0.1, -0.05) is 6.92 Å². The molecule has 1 heterocycles. The second-order valence-corrected chi connectivity index (χ2v) is 3.93. The number of rotatable bonds is 4. The van der Waals surface area contributed by atoms with Gasteiger partial charge in [0.25, 0.3) is 5.91 Å². The number of carbonyl (C=O) groups excluding carboxylic acids is 1. The van der Waals surface area contributed by atoms with Crippen LogP contribution in [0.4, 0.5) is 8.78 Å². The van der Waals surface area contributed by atoms with Crippen LogP contribution in [0.5, 0.6) is 0 Å². The summed E-state index contributed by atoms with van der Waals surface area (Å²) < 4.78 is 23.9. The van der Waals surface area contributed by atoms with E-state index in [0.29, 0.717) is 0 Å². The third-order valence-corrected chi connectivity index (χ3v) is 2.67. The highest BCUT2D eigenvalue weighted by Crippen LogP contribution is 2.11.